The van der Waals surface area contributed by atoms with Gasteiger partial charge in [0.15, 0.2) is 0 Å². The van der Waals surface area contributed by atoms with Gasteiger partial charge in [0.2, 0.25) is 0 Å². The van der Waals surface area contributed by atoms with Crippen molar-refractivity contribution in [3.63, 3.8) is 0 Å². The van der Waals surface area contributed by atoms with Gasteiger partial charge in [-0.2, -0.15) is 0 Å². The molecule has 40 heavy (non-hydrogen) atoms. The summed E-state index contributed by atoms with van der Waals surface area (Å²) in [5.41, 5.74) is 19.8. The second-order valence-corrected chi connectivity index (χ2v) is 13.0. The van der Waals surface area contributed by atoms with Crippen LogP contribution in [-0.2, 0) is 12.8 Å². The van der Waals surface area contributed by atoms with Gasteiger partial charge in [0.25, 0.3) is 0 Å². The van der Waals surface area contributed by atoms with E-state index in [1.165, 1.54) is 66.8 Å². The lowest BCUT2D eigenvalue weighted by Gasteiger charge is -2.35. The maximum Gasteiger partial charge on any atom is 0.0108 e. The molecule has 6 rings (SSSR count). The van der Waals surface area contributed by atoms with Crippen LogP contribution in [0.1, 0.15) is 71.7 Å². The lowest BCUT2D eigenvalue weighted by atomic mass is 9.69. The summed E-state index contributed by atoms with van der Waals surface area (Å²) in [6.07, 6.45) is 8.35. The van der Waals surface area contributed by atoms with Crippen molar-refractivity contribution in [1.82, 2.24) is 0 Å². The molecule has 4 aromatic carbocycles. The van der Waals surface area contributed by atoms with Crippen molar-refractivity contribution in [2.24, 2.45) is 11.3 Å². The molecular formula is C40H42. The number of rotatable bonds is 6. The molecule has 0 fully saturated rings. The van der Waals surface area contributed by atoms with E-state index in [9.17, 15) is 0 Å². The molecule has 0 N–H and O–H groups in total. The van der Waals surface area contributed by atoms with E-state index in [2.05, 4.69) is 133 Å². The molecule has 0 aliphatic heterocycles. The fraction of sp³-hybridized carbons (Fsp3) is 0.300. The molecule has 0 unspecified atom stereocenters. The van der Waals surface area contributed by atoms with E-state index >= 15 is 0 Å². The van der Waals surface area contributed by atoms with Crippen LogP contribution in [0.4, 0.5) is 0 Å². The number of hydrogen-bond acceptors (Lipinski definition) is 0. The van der Waals surface area contributed by atoms with Crippen LogP contribution in [0.25, 0.3) is 34.4 Å². The smallest absolute Gasteiger partial charge is 0.0108 e. The average molecular weight is 523 g/mol. The summed E-state index contributed by atoms with van der Waals surface area (Å²) in [4.78, 5) is 0. The monoisotopic (exact) mass is 522 g/mol. The van der Waals surface area contributed by atoms with Crippen molar-refractivity contribution in [2.45, 2.75) is 67.7 Å². The third-order valence-electron chi connectivity index (χ3n) is 9.39. The maximum absolute atomic E-state index is 2.56. The molecule has 0 saturated carbocycles. The van der Waals surface area contributed by atoms with Crippen LogP contribution < -0.4 is 0 Å². The van der Waals surface area contributed by atoms with Crippen LogP contribution in [0.2, 0.25) is 0 Å². The third kappa shape index (κ3) is 4.58. The highest BCUT2D eigenvalue weighted by Crippen LogP contribution is 2.52. The van der Waals surface area contributed by atoms with Gasteiger partial charge in [-0.25, -0.2) is 0 Å². The minimum atomic E-state index is 0.0179. The Morgan fingerprint density at radius 1 is 0.600 bits per heavy atom. The Morgan fingerprint density at radius 2 is 1.05 bits per heavy atom. The number of benzene rings is 4. The van der Waals surface area contributed by atoms with Crippen molar-refractivity contribution < 1.29 is 0 Å². The van der Waals surface area contributed by atoms with Crippen molar-refractivity contribution in [3.8, 4) is 22.3 Å². The van der Waals surface area contributed by atoms with Gasteiger partial charge in [0, 0.05) is 5.41 Å². The Balaban J connectivity index is 1.46. The Morgan fingerprint density at radius 3 is 1.48 bits per heavy atom. The van der Waals surface area contributed by atoms with E-state index in [0.29, 0.717) is 5.92 Å². The molecular weight excluding hydrogens is 480 g/mol. The normalized spacial score (nSPS) is 14.3. The lowest BCUT2D eigenvalue weighted by molar-refractivity contribution is 0.363. The molecule has 0 heteroatoms. The molecule has 0 saturated heterocycles. The standard InChI is InChI=1S/C40H42/c1-25(2)24-40(7,32-20-30-10-8-12-34(38(30)22-32)36-18-26(3)14-16-28(36)5)33-21-31-11-9-13-35(39(31)23-33)37-19-27(4)15-17-29(37)6/h8-19,22-23,25H,20-21,24H2,1-7H3. The van der Waals surface area contributed by atoms with Gasteiger partial charge in [0.05, 0.1) is 0 Å². The van der Waals surface area contributed by atoms with E-state index in [4.69, 9.17) is 0 Å². The third-order valence-corrected chi connectivity index (χ3v) is 9.39. The van der Waals surface area contributed by atoms with Gasteiger partial charge in [-0.05, 0) is 109 Å². The topological polar surface area (TPSA) is 0 Å². The Labute approximate surface area is 241 Å². The van der Waals surface area contributed by atoms with Crippen molar-refractivity contribution in [2.75, 3.05) is 0 Å². The first kappa shape index (κ1) is 26.6. The zero-order valence-electron chi connectivity index (χ0n) is 25.3. The first-order chi connectivity index (χ1) is 19.1. The molecule has 4 aromatic rings. The summed E-state index contributed by atoms with van der Waals surface area (Å²) in [6.45, 7) is 16.2. The summed E-state index contributed by atoms with van der Waals surface area (Å²) >= 11 is 0. The average Bonchev–Trinajstić information content (AvgIpc) is 3.56. The van der Waals surface area contributed by atoms with E-state index in [1.807, 2.05) is 0 Å². The highest BCUT2D eigenvalue weighted by molar-refractivity contribution is 5.86. The van der Waals surface area contributed by atoms with Crippen molar-refractivity contribution in [3.05, 3.63) is 128 Å². The van der Waals surface area contributed by atoms with Crippen molar-refractivity contribution in [1.29, 1.82) is 0 Å². The van der Waals surface area contributed by atoms with Crippen LogP contribution in [0, 0.1) is 39.0 Å². The first-order valence-corrected chi connectivity index (χ1v) is 14.9. The number of allylic oxidation sites excluding steroid dienone is 2. The Kier molecular flexibility index (Phi) is 6.70. The van der Waals surface area contributed by atoms with Gasteiger partial charge in [-0.1, -0.05) is 128 Å². The highest BCUT2D eigenvalue weighted by Gasteiger charge is 2.38. The molecule has 0 amide bonds. The Bertz CT molecular complexity index is 1570. The fourth-order valence-electron chi connectivity index (χ4n) is 7.25. The molecule has 0 heterocycles. The van der Waals surface area contributed by atoms with E-state index in [-0.39, 0.29) is 5.41 Å². The largest absolute Gasteiger partial charge is 0.0627 e. The van der Waals surface area contributed by atoms with Gasteiger partial charge in [-0.15, -0.1) is 0 Å². The second kappa shape index (κ2) is 10.1. The van der Waals surface area contributed by atoms with Crippen LogP contribution in [0.15, 0.2) is 83.9 Å². The zero-order valence-corrected chi connectivity index (χ0v) is 25.3. The minimum Gasteiger partial charge on any atom is -0.0627 e. The van der Waals surface area contributed by atoms with Crippen LogP contribution >= 0.6 is 0 Å². The summed E-state index contributed by atoms with van der Waals surface area (Å²) in [5, 5.41) is 0. The molecule has 0 nitrogen and oxygen atoms in total. The Hall–Kier alpha value is -3.64. The predicted molar refractivity (Wildman–Crippen MR) is 174 cm³/mol. The SMILES string of the molecule is Cc1ccc(C)c(-c2cccc3c2C=C(C(C)(CC(C)C)C2=Cc4c(cccc4-c4cc(C)ccc4C)C2)C3)c1. The number of hydrogen-bond donors (Lipinski definition) is 0. The zero-order chi connectivity index (χ0) is 28.2. The second-order valence-electron chi connectivity index (χ2n) is 13.0. The maximum atomic E-state index is 2.56. The van der Waals surface area contributed by atoms with Gasteiger partial charge in [0.1, 0.15) is 0 Å². The number of aryl methyl sites for hydroxylation is 4. The molecule has 0 aromatic heterocycles. The molecule has 0 radical (unpaired) electrons. The summed E-state index contributed by atoms with van der Waals surface area (Å²) in [6, 6.07) is 27.5. The van der Waals surface area contributed by atoms with Crippen LogP contribution in [0.3, 0.4) is 0 Å². The summed E-state index contributed by atoms with van der Waals surface area (Å²) in [7, 11) is 0. The molecule has 0 atom stereocenters. The van der Waals surface area contributed by atoms with Gasteiger partial charge < -0.3 is 0 Å². The highest BCUT2D eigenvalue weighted by atomic mass is 14.4. The first-order valence-electron chi connectivity index (χ1n) is 14.9. The quantitative estimate of drug-likeness (QED) is 0.236. The lowest BCUT2D eigenvalue weighted by Crippen LogP contribution is -2.25. The number of fused-ring (bicyclic) bond motifs is 2. The molecule has 2 aliphatic rings. The van der Waals surface area contributed by atoms with Gasteiger partial charge >= 0.3 is 0 Å². The van der Waals surface area contributed by atoms with Crippen LogP contribution in [0.5, 0.6) is 0 Å². The van der Waals surface area contributed by atoms with E-state index in [1.54, 1.807) is 11.1 Å². The molecule has 2 aliphatic carbocycles. The summed E-state index contributed by atoms with van der Waals surface area (Å²) in [5.74, 6) is 0.608. The minimum absolute atomic E-state index is 0.0179. The summed E-state index contributed by atoms with van der Waals surface area (Å²) < 4.78 is 0. The van der Waals surface area contributed by atoms with Crippen LogP contribution in [-0.4, -0.2) is 0 Å². The molecule has 0 bridgehead atoms. The van der Waals surface area contributed by atoms with Crippen molar-refractivity contribution >= 4 is 12.2 Å². The fourth-order valence-corrected chi connectivity index (χ4v) is 7.25. The van der Waals surface area contributed by atoms with E-state index < -0.39 is 0 Å². The van der Waals surface area contributed by atoms with Gasteiger partial charge in [-0.3, -0.25) is 0 Å². The van der Waals surface area contributed by atoms with E-state index in [0.717, 1.165) is 19.3 Å². The molecule has 202 valence electrons. The predicted octanol–water partition coefficient (Wildman–Crippen LogP) is 10.9. The molecule has 0 spiro atoms.